The minimum Gasteiger partial charge on any atom is -0.489 e. The van der Waals surface area contributed by atoms with Crippen molar-refractivity contribution >= 4 is 39.1 Å². The number of hydrogen-bond acceptors (Lipinski definition) is 4. The van der Waals surface area contributed by atoms with Crippen LogP contribution >= 0.6 is 11.3 Å². The lowest BCUT2D eigenvalue weighted by molar-refractivity contribution is 0.262. The van der Waals surface area contributed by atoms with Crippen LogP contribution in [0.1, 0.15) is 36.5 Å². The molecule has 2 heterocycles. The van der Waals surface area contributed by atoms with Gasteiger partial charge in [-0.1, -0.05) is 62.4 Å². The van der Waals surface area contributed by atoms with Gasteiger partial charge in [-0.05, 0) is 64.4 Å². The lowest BCUT2D eigenvalue weighted by Crippen LogP contribution is -2.19. The number of amides is 2. The van der Waals surface area contributed by atoms with Crippen LogP contribution in [-0.4, -0.2) is 15.8 Å². The molecule has 2 N–H and O–H groups in total. The van der Waals surface area contributed by atoms with E-state index in [-0.39, 0.29) is 6.03 Å². The smallest absolute Gasteiger partial charge is 0.325 e. The maximum Gasteiger partial charge on any atom is 0.325 e. The summed E-state index contributed by atoms with van der Waals surface area (Å²) in [7, 11) is 0. The Bertz CT molecular complexity index is 1440. The zero-order valence-electron chi connectivity index (χ0n) is 20.3. The fourth-order valence-corrected chi connectivity index (χ4v) is 4.58. The molecular weight excluding hydrogens is 468 g/mol. The highest BCUT2D eigenvalue weighted by atomic mass is 32.1. The number of carbonyl (C=O) groups is 1. The molecule has 0 saturated carbocycles. The van der Waals surface area contributed by atoms with E-state index >= 15 is 0 Å². The highest BCUT2D eigenvalue weighted by Crippen LogP contribution is 2.25. The number of urea groups is 1. The number of anilines is 2. The average Bonchev–Trinajstić information content (AvgIpc) is 3.52. The van der Waals surface area contributed by atoms with E-state index < -0.39 is 0 Å². The second-order valence-corrected chi connectivity index (χ2v) is 9.86. The number of hydrogen-bond donors (Lipinski definition) is 2. The third-order valence-electron chi connectivity index (χ3n) is 5.96. The largest absolute Gasteiger partial charge is 0.489 e. The number of aromatic nitrogens is 2. The van der Waals surface area contributed by atoms with Crippen molar-refractivity contribution in [1.29, 1.82) is 0 Å². The van der Waals surface area contributed by atoms with Crippen molar-refractivity contribution in [3.05, 3.63) is 107 Å². The number of nitrogens with one attached hydrogen (secondary N) is 2. The Balaban J connectivity index is 1.25. The van der Waals surface area contributed by atoms with E-state index in [4.69, 9.17) is 9.84 Å². The molecule has 0 aliphatic rings. The molecule has 5 rings (SSSR count). The van der Waals surface area contributed by atoms with Gasteiger partial charge in [0.2, 0.25) is 0 Å². The van der Waals surface area contributed by atoms with Gasteiger partial charge in [0.1, 0.15) is 12.4 Å². The number of nitrogens with zero attached hydrogens (tertiary/aromatic N) is 2. The van der Waals surface area contributed by atoms with E-state index in [1.807, 2.05) is 58.6 Å². The lowest BCUT2D eigenvalue weighted by atomic mass is 10.0. The normalized spacial score (nSPS) is 11.1. The number of thiophene rings is 1. The predicted molar refractivity (Wildman–Crippen MR) is 147 cm³/mol. The minimum absolute atomic E-state index is 0.309. The molecule has 36 heavy (non-hydrogen) atoms. The molecule has 6 nitrogen and oxygen atoms in total. The molecule has 0 radical (unpaired) electrons. The van der Waals surface area contributed by atoms with Crippen LogP contribution in [0.2, 0.25) is 0 Å². The Morgan fingerprint density at radius 3 is 2.39 bits per heavy atom. The van der Waals surface area contributed by atoms with Gasteiger partial charge < -0.3 is 4.74 Å². The van der Waals surface area contributed by atoms with Crippen LogP contribution in [0, 0.1) is 0 Å². The summed E-state index contributed by atoms with van der Waals surface area (Å²) in [4.78, 5) is 12.5. The van der Waals surface area contributed by atoms with Crippen LogP contribution in [0.4, 0.5) is 15.6 Å². The van der Waals surface area contributed by atoms with Crippen LogP contribution in [-0.2, 0) is 13.2 Å². The molecule has 2 amide bonds. The first-order chi connectivity index (χ1) is 17.5. The van der Waals surface area contributed by atoms with E-state index in [2.05, 4.69) is 60.9 Å². The summed E-state index contributed by atoms with van der Waals surface area (Å²) in [6, 6.07) is 28.0. The molecule has 7 heteroatoms. The molecule has 182 valence electrons. The Morgan fingerprint density at radius 2 is 1.67 bits per heavy atom. The van der Waals surface area contributed by atoms with Crippen LogP contribution in [0.25, 0.3) is 10.9 Å². The average molecular weight is 497 g/mol. The number of para-hydroxylation sites is 1. The first kappa shape index (κ1) is 23.6. The first-order valence-electron chi connectivity index (χ1n) is 11.9. The number of rotatable bonds is 8. The quantitative estimate of drug-likeness (QED) is 0.234. The summed E-state index contributed by atoms with van der Waals surface area (Å²) in [6.45, 7) is 5.47. The third kappa shape index (κ3) is 5.58. The standard InChI is InChI=1S/C29H28N4O2S/c1-20(2)23-13-15-24(16-14-23)35-19-22-11-9-21(10-12-22)18-33-26-7-4-3-6-25(26)28(32-33)31-29(34)30-27-8-5-17-36-27/h3-17,20H,18-19H2,1-2H3,(H2,30,31,32,34). The molecule has 0 fully saturated rings. The van der Waals surface area contributed by atoms with Gasteiger partial charge in [-0.2, -0.15) is 5.10 Å². The van der Waals surface area contributed by atoms with Crippen LogP contribution < -0.4 is 15.4 Å². The van der Waals surface area contributed by atoms with E-state index in [0.29, 0.717) is 24.9 Å². The lowest BCUT2D eigenvalue weighted by Gasteiger charge is -2.10. The Labute approximate surface area is 214 Å². The second kappa shape index (κ2) is 10.7. The number of benzene rings is 3. The maximum atomic E-state index is 12.5. The molecule has 3 aromatic carbocycles. The molecule has 0 atom stereocenters. The maximum absolute atomic E-state index is 12.5. The van der Waals surface area contributed by atoms with E-state index in [9.17, 15) is 4.79 Å². The zero-order valence-corrected chi connectivity index (χ0v) is 21.1. The van der Waals surface area contributed by atoms with E-state index in [1.165, 1.54) is 16.9 Å². The topological polar surface area (TPSA) is 68.2 Å². The summed E-state index contributed by atoms with van der Waals surface area (Å²) in [5.74, 6) is 1.91. The molecule has 2 aromatic heterocycles. The zero-order chi connectivity index (χ0) is 24.9. The van der Waals surface area contributed by atoms with Crippen molar-refractivity contribution < 1.29 is 9.53 Å². The molecule has 5 aromatic rings. The fourth-order valence-electron chi connectivity index (χ4n) is 3.97. The summed E-state index contributed by atoms with van der Waals surface area (Å²) in [6.07, 6.45) is 0. The molecule has 0 aliphatic carbocycles. The van der Waals surface area contributed by atoms with Crippen molar-refractivity contribution in [2.75, 3.05) is 10.6 Å². The molecule has 0 bridgehead atoms. The second-order valence-electron chi connectivity index (χ2n) is 8.91. The molecular formula is C29H28N4O2S. The van der Waals surface area contributed by atoms with Crippen molar-refractivity contribution in [2.45, 2.75) is 32.9 Å². The third-order valence-corrected chi connectivity index (χ3v) is 6.74. The number of ether oxygens (including phenoxy) is 1. The molecule has 0 spiro atoms. The summed E-state index contributed by atoms with van der Waals surface area (Å²) >= 11 is 1.47. The molecule has 0 aliphatic heterocycles. The van der Waals surface area contributed by atoms with Crippen LogP contribution in [0.15, 0.2) is 90.3 Å². The van der Waals surface area contributed by atoms with Gasteiger partial charge in [0, 0.05) is 5.39 Å². The monoisotopic (exact) mass is 496 g/mol. The number of carbonyl (C=O) groups excluding carboxylic acids is 1. The molecule has 0 unspecified atom stereocenters. The van der Waals surface area contributed by atoms with Gasteiger partial charge >= 0.3 is 6.03 Å². The van der Waals surface area contributed by atoms with Crippen LogP contribution in [0.3, 0.4) is 0 Å². The van der Waals surface area contributed by atoms with Gasteiger partial charge in [-0.15, -0.1) is 11.3 Å². The van der Waals surface area contributed by atoms with Gasteiger partial charge in [-0.3, -0.25) is 15.3 Å². The van der Waals surface area contributed by atoms with Gasteiger partial charge in [0.25, 0.3) is 0 Å². The summed E-state index contributed by atoms with van der Waals surface area (Å²) < 4.78 is 7.87. The predicted octanol–water partition coefficient (Wildman–Crippen LogP) is 7.49. The SMILES string of the molecule is CC(C)c1ccc(OCc2ccc(Cn3nc(NC(=O)Nc4cccs4)c4ccccc43)cc2)cc1. The minimum atomic E-state index is -0.309. The van der Waals surface area contributed by atoms with E-state index in [0.717, 1.165) is 32.8 Å². The first-order valence-corrected chi connectivity index (χ1v) is 12.8. The number of fused-ring (bicyclic) bond motifs is 1. The Morgan fingerprint density at radius 1 is 0.917 bits per heavy atom. The van der Waals surface area contributed by atoms with Gasteiger partial charge in [0.15, 0.2) is 5.82 Å². The van der Waals surface area contributed by atoms with E-state index in [1.54, 1.807) is 0 Å². The highest BCUT2D eigenvalue weighted by molar-refractivity contribution is 7.14. The van der Waals surface area contributed by atoms with Crippen molar-refractivity contribution in [1.82, 2.24) is 9.78 Å². The van der Waals surface area contributed by atoms with Crippen molar-refractivity contribution in [3.8, 4) is 5.75 Å². The highest BCUT2D eigenvalue weighted by Gasteiger charge is 2.13. The summed E-state index contributed by atoms with van der Waals surface area (Å²) in [5.41, 5.74) is 4.48. The summed E-state index contributed by atoms with van der Waals surface area (Å²) in [5, 5.41) is 14.0. The Hall–Kier alpha value is -4.10. The van der Waals surface area contributed by atoms with Gasteiger partial charge in [-0.25, -0.2) is 4.79 Å². The van der Waals surface area contributed by atoms with Crippen molar-refractivity contribution in [2.24, 2.45) is 0 Å². The van der Waals surface area contributed by atoms with Crippen LogP contribution in [0.5, 0.6) is 5.75 Å². The molecule has 0 saturated heterocycles. The van der Waals surface area contributed by atoms with Crippen molar-refractivity contribution in [3.63, 3.8) is 0 Å². The van der Waals surface area contributed by atoms with Gasteiger partial charge in [0.05, 0.1) is 17.1 Å². The fraction of sp³-hybridized carbons (Fsp3) is 0.172. The Kier molecular flexibility index (Phi) is 7.00.